The average Bonchev–Trinajstić information content (AvgIpc) is 3.45. The summed E-state index contributed by atoms with van der Waals surface area (Å²) in [5.74, 6) is 0.153. The van der Waals surface area contributed by atoms with Gasteiger partial charge in [-0.05, 0) is 41.8 Å². The molecule has 1 saturated heterocycles. The highest BCUT2D eigenvalue weighted by molar-refractivity contribution is 9.10. The van der Waals surface area contributed by atoms with E-state index < -0.39 is 5.79 Å². The molecule has 31 heavy (non-hydrogen) atoms. The van der Waals surface area contributed by atoms with E-state index in [4.69, 9.17) is 18.9 Å². The topological polar surface area (TPSA) is 54.7 Å². The number of halogens is 1. The van der Waals surface area contributed by atoms with Crippen molar-refractivity contribution in [1.82, 2.24) is 9.55 Å². The molecule has 6 nitrogen and oxygen atoms in total. The highest BCUT2D eigenvalue weighted by Crippen LogP contribution is 2.31. The van der Waals surface area contributed by atoms with Crippen molar-refractivity contribution in [2.75, 3.05) is 20.3 Å². The largest absolute Gasteiger partial charge is 0.497 e. The van der Waals surface area contributed by atoms with Gasteiger partial charge < -0.3 is 23.5 Å². The molecule has 0 saturated carbocycles. The Morgan fingerprint density at radius 1 is 1.13 bits per heavy atom. The second kappa shape index (κ2) is 10.4. The summed E-state index contributed by atoms with van der Waals surface area (Å²) in [6, 6.07) is 16.3. The van der Waals surface area contributed by atoms with Crippen LogP contribution in [0, 0.1) is 0 Å². The molecule has 1 aliphatic rings. The molecule has 0 aliphatic carbocycles. The Kier molecular flexibility index (Phi) is 7.40. The Morgan fingerprint density at radius 2 is 1.90 bits per heavy atom. The molecule has 2 unspecified atom stereocenters. The number of hydrogen-bond acceptors (Lipinski definition) is 5. The first-order valence-electron chi connectivity index (χ1n) is 10.4. The van der Waals surface area contributed by atoms with Crippen molar-refractivity contribution in [3.8, 4) is 5.75 Å². The molecule has 0 spiro atoms. The van der Waals surface area contributed by atoms with Crippen molar-refractivity contribution in [1.29, 1.82) is 0 Å². The van der Waals surface area contributed by atoms with Crippen molar-refractivity contribution in [3.63, 3.8) is 0 Å². The van der Waals surface area contributed by atoms with Gasteiger partial charge in [0.05, 0.1) is 39.8 Å². The van der Waals surface area contributed by atoms with E-state index in [1.165, 1.54) is 5.56 Å². The monoisotopic (exact) mass is 486 g/mol. The van der Waals surface area contributed by atoms with Crippen LogP contribution in [0.3, 0.4) is 0 Å². The fourth-order valence-corrected chi connectivity index (χ4v) is 3.93. The number of aromatic nitrogens is 2. The maximum atomic E-state index is 6.42. The van der Waals surface area contributed by atoms with Gasteiger partial charge >= 0.3 is 0 Å². The Bertz CT molecular complexity index is 931. The van der Waals surface area contributed by atoms with E-state index in [2.05, 4.69) is 33.0 Å². The molecule has 0 N–H and O–H groups in total. The Labute approximate surface area is 191 Å². The lowest BCUT2D eigenvalue weighted by Crippen LogP contribution is -2.37. The smallest absolute Gasteiger partial charge is 0.187 e. The van der Waals surface area contributed by atoms with Gasteiger partial charge in [0.15, 0.2) is 5.79 Å². The van der Waals surface area contributed by atoms with Crippen molar-refractivity contribution in [3.05, 3.63) is 82.9 Å². The normalized spacial score (nSPS) is 20.8. The van der Waals surface area contributed by atoms with Crippen LogP contribution < -0.4 is 4.74 Å². The molecule has 3 aromatic rings. The van der Waals surface area contributed by atoms with E-state index in [0.717, 1.165) is 28.6 Å². The maximum absolute atomic E-state index is 6.42. The first-order chi connectivity index (χ1) is 15.1. The van der Waals surface area contributed by atoms with Gasteiger partial charge in [0.1, 0.15) is 11.9 Å². The second-order valence-electron chi connectivity index (χ2n) is 7.69. The third-order valence-electron chi connectivity index (χ3n) is 5.34. The van der Waals surface area contributed by atoms with Crippen LogP contribution in [-0.2, 0) is 33.8 Å². The van der Waals surface area contributed by atoms with E-state index >= 15 is 0 Å². The zero-order valence-electron chi connectivity index (χ0n) is 17.6. The molecule has 2 heterocycles. The Hall–Kier alpha value is -2.19. The second-order valence-corrected chi connectivity index (χ2v) is 8.60. The standard InChI is InChI=1S/C24H27BrN2O4/c1-28-22-8-4-19(5-9-22)10-11-24(17-27-13-12-26-18-27)30-16-23(31-24)15-29-14-20-2-6-21(25)7-3-20/h2-9,12-13,18,23H,10-11,14-17H2,1H3. The number of aryl methyl sites for hydroxylation is 1. The average molecular weight is 487 g/mol. The summed E-state index contributed by atoms with van der Waals surface area (Å²) in [6.07, 6.45) is 6.96. The fourth-order valence-electron chi connectivity index (χ4n) is 3.67. The van der Waals surface area contributed by atoms with Crippen LogP contribution >= 0.6 is 15.9 Å². The molecule has 164 valence electrons. The van der Waals surface area contributed by atoms with Gasteiger partial charge in [0.2, 0.25) is 0 Å². The highest BCUT2D eigenvalue weighted by Gasteiger charge is 2.41. The summed E-state index contributed by atoms with van der Waals surface area (Å²) in [4.78, 5) is 4.15. The molecule has 7 heteroatoms. The Morgan fingerprint density at radius 3 is 2.61 bits per heavy atom. The minimum atomic E-state index is -0.702. The van der Waals surface area contributed by atoms with Crippen molar-refractivity contribution < 1.29 is 18.9 Å². The van der Waals surface area contributed by atoms with Crippen LogP contribution in [0.15, 0.2) is 71.7 Å². The number of imidazole rings is 1. The van der Waals surface area contributed by atoms with Crippen LogP contribution in [-0.4, -0.2) is 41.8 Å². The Balaban J connectivity index is 1.35. The van der Waals surface area contributed by atoms with Crippen LogP contribution in [0.5, 0.6) is 5.75 Å². The minimum absolute atomic E-state index is 0.102. The van der Waals surface area contributed by atoms with Gasteiger partial charge in [0.25, 0.3) is 0 Å². The number of rotatable bonds is 10. The van der Waals surface area contributed by atoms with Crippen LogP contribution in [0.2, 0.25) is 0 Å². The van der Waals surface area contributed by atoms with E-state index in [0.29, 0.717) is 26.4 Å². The SMILES string of the molecule is COc1ccc(CCC2(Cn3ccnc3)OCC(COCc3ccc(Br)cc3)O2)cc1. The third kappa shape index (κ3) is 6.17. The summed E-state index contributed by atoms with van der Waals surface area (Å²) in [5.41, 5.74) is 2.35. The van der Waals surface area contributed by atoms with Gasteiger partial charge in [0, 0.05) is 23.3 Å². The van der Waals surface area contributed by atoms with Crippen LogP contribution in [0.1, 0.15) is 17.5 Å². The molecular weight excluding hydrogens is 460 g/mol. The highest BCUT2D eigenvalue weighted by atomic mass is 79.9. The molecule has 0 radical (unpaired) electrons. The van der Waals surface area contributed by atoms with Gasteiger partial charge in [-0.15, -0.1) is 0 Å². The lowest BCUT2D eigenvalue weighted by molar-refractivity contribution is -0.187. The van der Waals surface area contributed by atoms with Gasteiger partial charge in [-0.25, -0.2) is 4.98 Å². The summed E-state index contributed by atoms with van der Waals surface area (Å²) in [5, 5.41) is 0. The number of nitrogens with zero attached hydrogens (tertiary/aromatic N) is 2. The zero-order valence-corrected chi connectivity index (χ0v) is 19.2. The first kappa shape index (κ1) is 22.0. The van der Waals surface area contributed by atoms with Crippen molar-refractivity contribution >= 4 is 15.9 Å². The quantitative estimate of drug-likeness (QED) is 0.418. The summed E-state index contributed by atoms with van der Waals surface area (Å²) < 4.78 is 26.9. The summed E-state index contributed by atoms with van der Waals surface area (Å²) in [6.45, 7) is 2.14. The molecule has 2 atom stereocenters. The van der Waals surface area contributed by atoms with E-state index in [-0.39, 0.29) is 6.10 Å². The lowest BCUT2D eigenvalue weighted by Gasteiger charge is -2.28. The molecule has 1 aromatic heterocycles. The summed E-state index contributed by atoms with van der Waals surface area (Å²) in [7, 11) is 1.67. The maximum Gasteiger partial charge on any atom is 0.187 e. The van der Waals surface area contributed by atoms with Crippen LogP contribution in [0.25, 0.3) is 0 Å². The van der Waals surface area contributed by atoms with E-state index in [9.17, 15) is 0 Å². The van der Waals surface area contributed by atoms with Gasteiger partial charge in [-0.3, -0.25) is 0 Å². The number of hydrogen-bond donors (Lipinski definition) is 0. The van der Waals surface area contributed by atoms with Crippen molar-refractivity contribution in [2.45, 2.75) is 37.9 Å². The molecule has 0 amide bonds. The number of benzene rings is 2. The molecule has 1 aliphatic heterocycles. The number of methoxy groups -OCH3 is 1. The van der Waals surface area contributed by atoms with Gasteiger partial charge in [-0.2, -0.15) is 0 Å². The van der Waals surface area contributed by atoms with Crippen LogP contribution in [0.4, 0.5) is 0 Å². The zero-order chi connectivity index (χ0) is 21.5. The van der Waals surface area contributed by atoms with E-state index in [1.54, 1.807) is 19.6 Å². The molecule has 4 rings (SSSR count). The van der Waals surface area contributed by atoms with E-state index in [1.807, 2.05) is 47.2 Å². The predicted molar refractivity (Wildman–Crippen MR) is 121 cm³/mol. The third-order valence-corrected chi connectivity index (χ3v) is 5.86. The molecule has 1 fully saturated rings. The summed E-state index contributed by atoms with van der Waals surface area (Å²) >= 11 is 3.45. The minimum Gasteiger partial charge on any atom is -0.497 e. The van der Waals surface area contributed by atoms with Gasteiger partial charge in [-0.1, -0.05) is 40.2 Å². The molecule has 2 aromatic carbocycles. The predicted octanol–water partition coefficient (Wildman–Crippen LogP) is 4.62. The first-order valence-corrected chi connectivity index (χ1v) is 11.2. The van der Waals surface area contributed by atoms with Crippen molar-refractivity contribution in [2.24, 2.45) is 0 Å². The lowest BCUT2D eigenvalue weighted by atomic mass is 10.0. The number of ether oxygens (including phenoxy) is 4. The molecule has 0 bridgehead atoms. The fraction of sp³-hybridized carbons (Fsp3) is 0.375. The molecular formula is C24H27BrN2O4.